The minimum atomic E-state index is 0.479. The van der Waals surface area contributed by atoms with Gasteiger partial charge >= 0.3 is 0 Å². The summed E-state index contributed by atoms with van der Waals surface area (Å²) < 4.78 is 0. The fraction of sp³-hybridized carbons (Fsp3) is 0.667. The zero-order chi connectivity index (χ0) is 9.26. The van der Waals surface area contributed by atoms with Crippen LogP contribution in [-0.2, 0) is 0 Å². The molecule has 1 aromatic rings. The quantitative estimate of drug-likeness (QED) is 0.729. The number of likely N-dealkylation sites (N-methyl/N-ethyl adjacent to an activating group) is 1. The van der Waals surface area contributed by atoms with Crippen LogP contribution in [-0.4, -0.2) is 36.6 Å². The smallest absolute Gasteiger partial charge is 0.111 e. The number of piperazine rings is 1. The molecule has 0 bridgehead atoms. The number of hydrogen-bond acceptors (Lipinski definition) is 4. The van der Waals surface area contributed by atoms with Gasteiger partial charge in [0.05, 0.1) is 6.04 Å². The fourth-order valence-electron chi connectivity index (χ4n) is 1.61. The summed E-state index contributed by atoms with van der Waals surface area (Å²) in [6, 6.07) is 0.479. The monoisotopic (exact) mass is 197 g/mol. The van der Waals surface area contributed by atoms with Gasteiger partial charge in [-0.2, -0.15) is 0 Å². The van der Waals surface area contributed by atoms with E-state index < -0.39 is 0 Å². The lowest BCUT2D eigenvalue weighted by Gasteiger charge is -2.31. The number of aryl methyl sites for hydroxylation is 1. The lowest BCUT2D eigenvalue weighted by atomic mass is 10.2. The molecular formula is C9H15N3S. The van der Waals surface area contributed by atoms with E-state index in [0.29, 0.717) is 6.04 Å². The van der Waals surface area contributed by atoms with E-state index in [-0.39, 0.29) is 0 Å². The molecule has 1 aliphatic heterocycles. The third-order valence-electron chi connectivity index (χ3n) is 2.43. The van der Waals surface area contributed by atoms with E-state index in [0.717, 1.165) is 25.3 Å². The Morgan fingerprint density at radius 3 is 3.15 bits per heavy atom. The fourth-order valence-corrected chi connectivity index (χ4v) is 2.57. The van der Waals surface area contributed by atoms with Gasteiger partial charge < -0.3 is 5.32 Å². The van der Waals surface area contributed by atoms with Gasteiger partial charge in [-0.05, 0) is 14.0 Å². The standard InChI is InChI=1S/C9H15N3S/c1-7-6-13-9(11-7)8-5-10-3-4-12(8)2/h6,8,10H,3-5H2,1-2H3. The van der Waals surface area contributed by atoms with Crippen molar-refractivity contribution in [2.75, 3.05) is 26.7 Å². The van der Waals surface area contributed by atoms with Crippen molar-refractivity contribution < 1.29 is 0 Å². The zero-order valence-electron chi connectivity index (χ0n) is 8.08. The Balaban J connectivity index is 2.14. The highest BCUT2D eigenvalue weighted by molar-refractivity contribution is 7.09. The molecule has 1 unspecified atom stereocenters. The van der Waals surface area contributed by atoms with Crippen molar-refractivity contribution in [3.63, 3.8) is 0 Å². The number of thiazole rings is 1. The van der Waals surface area contributed by atoms with Crippen molar-refractivity contribution in [2.24, 2.45) is 0 Å². The number of nitrogens with one attached hydrogen (secondary N) is 1. The maximum atomic E-state index is 4.52. The molecule has 0 aromatic carbocycles. The Bertz CT molecular complexity index is 284. The van der Waals surface area contributed by atoms with Gasteiger partial charge in [0.2, 0.25) is 0 Å². The topological polar surface area (TPSA) is 28.2 Å². The van der Waals surface area contributed by atoms with Crippen molar-refractivity contribution in [1.29, 1.82) is 0 Å². The third kappa shape index (κ3) is 1.90. The van der Waals surface area contributed by atoms with Crippen molar-refractivity contribution in [3.8, 4) is 0 Å². The minimum absolute atomic E-state index is 0.479. The van der Waals surface area contributed by atoms with E-state index in [9.17, 15) is 0 Å². The largest absolute Gasteiger partial charge is 0.313 e. The zero-order valence-corrected chi connectivity index (χ0v) is 8.90. The van der Waals surface area contributed by atoms with Crippen LogP contribution in [0.3, 0.4) is 0 Å². The Morgan fingerprint density at radius 2 is 2.54 bits per heavy atom. The van der Waals surface area contributed by atoms with E-state index in [1.807, 2.05) is 0 Å². The molecule has 3 nitrogen and oxygen atoms in total. The molecule has 1 aromatic heterocycles. The molecule has 1 atom stereocenters. The Morgan fingerprint density at radius 1 is 1.69 bits per heavy atom. The molecule has 13 heavy (non-hydrogen) atoms. The predicted octanol–water partition coefficient (Wildman–Crippen LogP) is 1.03. The van der Waals surface area contributed by atoms with Gasteiger partial charge in [-0.1, -0.05) is 0 Å². The first kappa shape index (κ1) is 9.12. The first-order valence-electron chi connectivity index (χ1n) is 4.60. The van der Waals surface area contributed by atoms with Crippen molar-refractivity contribution in [3.05, 3.63) is 16.1 Å². The van der Waals surface area contributed by atoms with E-state index >= 15 is 0 Å². The molecule has 1 fully saturated rings. The van der Waals surface area contributed by atoms with Crippen molar-refractivity contribution in [1.82, 2.24) is 15.2 Å². The lowest BCUT2D eigenvalue weighted by Crippen LogP contribution is -2.43. The number of hydrogen-bond donors (Lipinski definition) is 1. The van der Waals surface area contributed by atoms with Crippen molar-refractivity contribution >= 4 is 11.3 Å². The van der Waals surface area contributed by atoms with Gasteiger partial charge in [-0.15, -0.1) is 11.3 Å². The maximum absolute atomic E-state index is 4.52. The SMILES string of the molecule is Cc1csc(C2CNCCN2C)n1. The van der Waals surface area contributed by atoms with Crippen LogP contribution < -0.4 is 5.32 Å². The minimum Gasteiger partial charge on any atom is -0.313 e. The van der Waals surface area contributed by atoms with E-state index in [1.165, 1.54) is 5.01 Å². The maximum Gasteiger partial charge on any atom is 0.111 e. The van der Waals surface area contributed by atoms with Crippen LogP contribution in [0, 0.1) is 6.92 Å². The van der Waals surface area contributed by atoms with Crippen LogP contribution in [0.5, 0.6) is 0 Å². The molecule has 2 rings (SSSR count). The molecule has 0 aliphatic carbocycles. The van der Waals surface area contributed by atoms with Gasteiger partial charge in [0.25, 0.3) is 0 Å². The van der Waals surface area contributed by atoms with E-state index in [2.05, 4.69) is 34.6 Å². The third-order valence-corrected chi connectivity index (χ3v) is 3.50. The first-order valence-corrected chi connectivity index (χ1v) is 5.48. The van der Waals surface area contributed by atoms with Crippen LogP contribution in [0.25, 0.3) is 0 Å². The highest BCUT2D eigenvalue weighted by atomic mass is 32.1. The van der Waals surface area contributed by atoms with Crippen LogP contribution in [0.1, 0.15) is 16.7 Å². The predicted molar refractivity (Wildman–Crippen MR) is 55.1 cm³/mol. The first-order chi connectivity index (χ1) is 6.27. The van der Waals surface area contributed by atoms with Gasteiger partial charge in [0.1, 0.15) is 5.01 Å². The summed E-state index contributed by atoms with van der Waals surface area (Å²) in [6.07, 6.45) is 0. The normalized spacial score (nSPS) is 24.9. The summed E-state index contributed by atoms with van der Waals surface area (Å²) in [7, 11) is 2.17. The van der Waals surface area contributed by atoms with E-state index in [1.54, 1.807) is 11.3 Å². The number of nitrogens with zero attached hydrogens (tertiary/aromatic N) is 2. The van der Waals surface area contributed by atoms with Crippen LogP contribution in [0.4, 0.5) is 0 Å². The Labute approximate surface area is 82.8 Å². The molecule has 1 aliphatic rings. The molecule has 0 radical (unpaired) electrons. The second-order valence-corrected chi connectivity index (χ2v) is 4.42. The Kier molecular flexibility index (Phi) is 2.62. The highest BCUT2D eigenvalue weighted by Crippen LogP contribution is 2.23. The molecule has 1 saturated heterocycles. The summed E-state index contributed by atoms with van der Waals surface area (Å²) in [5.74, 6) is 0. The van der Waals surface area contributed by atoms with Gasteiger partial charge in [-0.25, -0.2) is 4.98 Å². The molecule has 2 heterocycles. The highest BCUT2D eigenvalue weighted by Gasteiger charge is 2.22. The molecule has 72 valence electrons. The van der Waals surface area contributed by atoms with Crippen molar-refractivity contribution in [2.45, 2.75) is 13.0 Å². The average Bonchev–Trinajstić information content (AvgIpc) is 2.53. The summed E-state index contributed by atoms with van der Waals surface area (Å²) in [4.78, 5) is 6.89. The van der Waals surface area contributed by atoms with Gasteiger partial charge in [0.15, 0.2) is 0 Å². The molecule has 0 saturated carbocycles. The molecular weight excluding hydrogens is 182 g/mol. The summed E-state index contributed by atoms with van der Waals surface area (Å²) in [5.41, 5.74) is 1.14. The molecule has 1 N–H and O–H groups in total. The van der Waals surface area contributed by atoms with Gasteiger partial charge in [0, 0.05) is 30.7 Å². The average molecular weight is 197 g/mol. The van der Waals surface area contributed by atoms with Crippen LogP contribution >= 0.6 is 11.3 Å². The van der Waals surface area contributed by atoms with Crippen LogP contribution in [0.2, 0.25) is 0 Å². The molecule has 0 amide bonds. The lowest BCUT2D eigenvalue weighted by molar-refractivity contribution is 0.202. The second-order valence-electron chi connectivity index (χ2n) is 3.53. The van der Waals surface area contributed by atoms with Gasteiger partial charge in [-0.3, -0.25) is 4.90 Å². The molecule has 4 heteroatoms. The summed E-state index contributed by atoms with van der Waals surface area (Å²) in [5, 5.41) is 6.76. The molecule has 0 spiro atoms. The van der Waals surface area contributed by atoms with E-state index in [4.69, 9.17) is 0 Å². The summed E-state index contributed by atoms with van der Waals surface area (Å²) in [6.45, 7) is 5.29. The second kappa shape index (κ2) is 3.74. The van der Waals surface area contributed by atoms with Crippen LogP contribution in [0.15, 0.2) is 5.38 Å². The summed E-state index contributed by atoms with van der Waals surface area (Å²) >= 11 is 1.77. The number of rotatable bonds is 1. The Hall–Kier alpha value is -0.450. The number of aromatic nitrogens is 1.